The summed E-state index contributed by atoms with van der Waals surface area (Å²) in [5.41, 5.74) is -0.259. The summed E-state index contributed by atoms with van der Waals surface area (Å²) < 4.78 is 25.4. The maximum atomic E-state index is 6.39. The van der Waals surface area contributed by atoms with Crippen molar-refractivity contribution in [1.29, 1.82) is 0 Å². The van der Waals surface area contributed by atoms with Gasteiger partial charge in [-0.25, -0.2) is 0 Å². The normalized spacial score (nSPS) is 12.2. The molecule has 296 valence electrons. The maximum Gasteiger partial charge on any atom is 0.0637 e. The fourth-order valence-electron chi connectivity index (χ4n) is 6.46. The predicted molar refractivity (Wildman–Crippen MR) is 214 cm³/mol. The summed E-state index contributed by atoms with van der Waals surface area (Å²) in [6.45, 7) is 12.4. The van der Waals surface area contributed by atoms with E-state index >= 15 is 0 Å². The van der Waals surface area contributed by atoms with E-state index in [-0.39, 0.29) is 5.41 Å². The van der Waals surface area contributed by atoms with Crippen LogP contribution in [0.15, 0.2) is 0 Å². The minimum atomic E-state index is -0.259. The third-order valence-corrected chi connectivity index (χ3v) is 9.71. The Balaban J connectivity index is 4.60. The van der Waals surface area contributed by atoms with Crippen LogP contribution in [0.25, 0.3) is 0 Å². The van der Waals surface area contributed by atoms with Crippen molar-refractivity contribution in [1.82, 2.24) is 9.80 Å². The van der Waals surface area contributed by atoms with Gasteiger partial charge in [-0.2, -0.15) is 0 Å². The third-order valence-electron chi connectivity index (χ3n) is 9.71. The zero-order valence-electron chi connectivity index (χ0n) is 34.5. The number of ether oxygens (including phenoxy) is 4. The van der Waals surface area contributed by atoms with E-state index in [0.717, 1.165) is 65.2 Å². The molecule has 0 fully saturated rings. The molecule has 0 aliphatic heterocycles. The topological polar surface area (TPSA) is 43.4 Å². The molecule has 0 N–H and O–H groups in total. The Hall–Kier alpha value is -0.240. The first-order valence-corrected chi connectivity index (χ1v) is 21.6. The Morgan fingerprint density at radius 3 is 0.776 bits per heavy atom. The average Bonchev–Trinajstić information content (AvgIpc) is 3.08. The Bertz CT molecular complexity index is 567. The van der Waals surface area contributed by atoms with Crippen molar-refractivity contribution in [2.45, 2.75) is 181 Å². The third kappa shape index (κ3) is 37.3. The van der Waals surface area contributed by atoms with Crippen LogP contribution >= 0.6 is 0 Å². The van der Waals surface area contributed by atoms with E-state index in [9.17, 15) is 0 Å². The number of unbranched alkanes of at least 4 members (excludes halogenated alkanes) is 22. The van der Waals surface area contributed by atoms with Crippen LogP contribution in [0.2, 0.25) is 0 Å². The van der Waals surface area contributed by atoms with Gasteiger partial charge in [0.25, 0.3) is 0 Å². The molecule has 0 radical (unpaired) electrons. The largest absolute Gasteiger partial charge is 0.381 e. The molecular weight excluding hydrogens is 608 g/mol. The molecule has 0 bridgehead atoms. The molecule has 0 saturated heterocycles. The summed E-state index contributed by atoms with van der Waals surface area (Å²) in [5.74, 6) is 0. The second-order valence-electron chi connectivity index (χ2n) is 15.8. The molecule has 0 saturated carbocycles. The van der Waals surface area contributed by atoms with Gasteiger partial charge in [0.05, 0.1) is 31.8 Å². The number of hydrogen-bond donors (Lipinski definition) is 0. The quantitative estimate of drug-likeness (QED) is 0.0591. The van der Waals surface area contributed by atoms with Gasteiger partial charge in [-0.3, -0.25) is 0 Å². The molecule has 49 heavy (non-hydrogen) atoms. The van der Waals surface area contributed by atoms with Gasteiger partial charge in [0.1, 0.15) is 0 Å². The number of hydrogen-bond acceptors (Lipinski definition) is 6. The second-order valence-corrected chi connectivity index (χ2v) is 15.8. The van der Waals surface area contributed by atoms with E-state index in [2.05, 4.69) is 51.8 Å². The summed E-state index contributed by atoms with van der Waals surface area (Å²) in [5, 5.41) is 0. The van der Waals surface area contributed by atoms with Crippen molar-refractivity contribution in [2.75, 3.05) is 94.1 Å². The van der Waals surface area contributed by atoms with E-state index in [1.807, 2.05) is 0 Å². The maximum absolute atomic E-state index is 6.39. The van der Waals surface area contributed by atoms with E-state index in [0.29, 0.717) is 26.4 Å². The molecule has 0 aliphatic carbocycles. The fraction of sp³-hybridized carbons (Fsp3) is 1.00. The summed E-state index contributed by atoms with van der Waals surface area (Å²) in [4.78, 5) is 4.44. The molecule has 6 nitrogen and oxygen atoms in total. The lowest BCUT2D eigenvalue weighted by Crippen LogP contribution is -2.42. The standard InChI is InChI=1S/C43H90N2O4/c1-7-9-11-13-15-17-19-21-23-25-27-29-35-46-39-43(41-48-37-31-33-44(3)4,42-49-38-32-34-45(5)6)40-47-36-30-28-26-24-22-20-18-16-14-12-10-8-2/h7-42H2,1-6H3. The Morgan fingerprint density at radius 1 is 0.306 bits per heavy atom. The highest BCUT2D eigenvalue weighted by molar-refractivity contribution is 4.80. The van der Waals surface area contributed by atoms with Crippen molar-refractivity contribution in [3.05, 3.63) is 0 Å². The molecule has 0 aromatic rings. The summed E-state index contributed by atoms with van der Waals surface area (Å²) in [7, 11) is 8.50. The first-order chi connectivity index (χ1) is 24.0. The van der Waals surface area contributed by atoms with Crippen LogP contribution < -0.4 is 0 Å². The number of nitrogens with zero attached hydrogens (tertiary/aromatic N) is 2. The van der Waals surface area contributed by atoms with Gasteiger partial charge in [-0.05, 0) is 67.0 Å². The van der Waals surface area contributed by atoms with Crippen molar-refractivity contribution in [3.63, 3.8) is 0 Å². The van der Waals surface area contributed by atoms with E-state index in [1.165, 1.54) is 141 Å². The molecule has 0 heterocycles. The molecule has 6 heteroatoms. The van der Waals surface area contributed by atoms with Crippen LogP contribution in [-0.2, 0) is 18.9 Å². The van der Waals surface area contributed by atoms with Gasteiger partial charge in [0, 0.05) is 26.4 Å². The van der Waals surface area contributed by atoms with Crippen LogP contribution in [0.3, 0.4) is 0 Å². The molecule has 0 aliphatic rings. The van der Waals surface area contributed by atoms with Gasteiger partial charge in [-0.1, -0.05) is 155 Å². The van der Waals surface area contributed by atoms with Crippen molar-refractivity contribution in [3.8, 4) is 0 Å². The van der Waals surface area contributed by atoms with Crippen LogP contribution in [0.5, 0.6) is 0 Å². The van der Waals surface area contributed by atoms with E-state index < -0.39 is 0 Å². The lowest BCUT2D eigenvalue weighted by molar-refractivity contribution is -0.108. The van der Waals surface area contributed by atoms with E-state index in [1.54, 1.807) is 0 Å². The Morgan fingerprint density at radius 2 is 0.531 bits per heavy atom. The predicted octanol–water partition coefficient (Wildman–Crippen LogP) is 11.3. The van der Waals surface area contributed by atoms with E-state index in [4.69, 9.17) is 18.9 Å². The summed E-state index contributed by atoms with van der Waals surface area (Å²) >= 11 is 0. The van der Waals surface area contributed by atoms with Crippen molar-refractivity contribution >= 4 is 0 Å². The second kappa shape index (κ2) is 39.0. The molecule has 0 rings (SSSR count). The Labute approximate surface area is 308 Å². The summed E-state index contributed by atoms with van der Waals surface area (Å²) in [6.07, 6.45) is 34.8. The van der Waals surface area contributed by atoms with Crippen LogP contribution in [0.1, 0.15) is 181 Å². The van der Waals surface area contributed by atoms with Gasteiger partial charge < -0.3 is 28.7 Å². The molecule has 0 atom stereocenters. The van der Waals surface area contributed by atoms with Crippen molar-refractivity contribution < 1.29 is 18.9 Å². The van der Waals surface area contributed by atoms with Gasteiger partial charge in [0.15, 0.2) is 0 Å². The number of rotatable bonds is 42. The van der Waals surface area contributed by atoms with Gasteiger partial charge in [-0.15, -0.1) is 0 Å². The van der Waals surface area contributed by atoms with Crippen molar-refractivity contribution in [2.24, 2.45) is 5.41 Å². The first kappa shape index (κ1) is 48.8. The lowest BCUT2D eigenvalue weighted by Gasteiger charge is -2.33. The van der Waals surface area contributed by atoms with Crippen LogP contribution in [0.4, 0.5) is 0 Å². The molecule has 0 unspecified atom stereocenters. The van der Waals surface area contributed by atoms with Gasteiger partial charge in [0.2, 0.25) is 0 Å². The molecule has 0 aromatic heterocycles. The molecular formula is C43H90N2O4. The van der Waals surface area contributed by atoms with Crippen LogP contribution in [-0.4, -0.2) is 104 Å². The highest BCUT2D eigenvalue weighted by Gasteiger charge is 2.32. The SMILES string of the molecule is CCCCCCCCCCCCCCOCC(COCCCCCCCCCCCCCC)(COCCCN(C)C)COCCCN(C)C. The summed E-state index contributed by atoms with van der Waals surface area (Å²) in [6, 6.07) is 0. The fourth-order valence-corrected chi connectivity index (χ4v) is 6.46. The zero-order chi connectivity index (χ0) is 35.9. The highest BCUT2D eigenvalue weighted by Crippen LogP contribution is 2.22. The monoisotopic (exact) mass is 699 g/mol. The first-order valence-electron chi connectivity index (χ1n) is 21.6. The minimum Gasteiger partial charge on any atom is -0.381 e. The lowest BCUT2D eigenvalue weighted by atomic mass is 9.92. The van der Waals surface area contributed by atoms with Gasteiger partial charge >= 0.3 is 0 Å². The zero-order valence-corrected chi connectivity index (χ0v) is 34.5. The Kier molecular flexibility index (Phi) is 38.8. The minimum absolute atomic E-state index is 0.259. The molecule has 0 aromatic carbocycles. The highest BCUT2D eigenvalue weighted by atomic mass is 16.5. The molecule has 0 amide bonds. The molecule has 0 spiro atoms. The van der Waals surface area contributed by atoms with Crippen LogP contribution in [0, 0.1) is 5.41 Å². The smallest absolute Gasteiger partial charge is 0.0637 e. The average molecular weight is 699 g/mol.